The van der Waals surface area contributed by atoms with E-state index in [2.05, 4.69) is 17.1 Å². The summed E-state index contributed by atoms with van der Waals surface area (Å²) in [6.45, 7) is 6.70. The first-order valence-electron chi connectivity index (χ1n) is 6.47. The van der Waals surface area contributed by atoms with Crippen LogP contribution in [0, 0.1) is 6.92 Å². The van der Waals surface area contributed by atoms with Crippen molar-refractivity contribution in [2.45, 2.75) is 39.7 Å². The average Bonchev–Trinajstić information content (AvgIpc) is 2.95. The van der Waals surface area contributed by atoms with Gasteiger partial charge in [-0.2, -0.15) is 4.98 Å². The summed E-state index contributed by atoms with van der Waals surface area (Å²) in [4.78, 5) is 5.54. The molecule has 5 nitrogen and oxygen atoms in total. The van der Waals surface area contributed by atoms with Crippen molar-refractivity contribution >= 4 is 16.3 Å². The van der Waals surface area contributed by atoms with E-state index in [-0.39, 0.29) is 6.10 Å². The predicted molar refractivity (Wildman–Crippen MR) is 76.0 cm³/mol. The summed E-state index contributed by atoms with van der Waals surface area (Å²) < 4.78 is 10.9. The normalized spacial score (nSPS) is 12.8. The molecule has 6 heteroatoms. The van der Waals surface area contributed by atoms with Crippen molar-refractivity contribution in [3.8, 4) is 11.5 Å². The number of nitrogens with two attached hydrogens (primary N) is 1. The summed E-state index contributed by atoms with van der Waals surface area (Å²) in [5.41, 5.74) is 6.75. The van der Waals surface area contributed by atoms with Crippen molar-refractivity contribution < 1.29 is 9.26 Å². The lowest BCUT2D eigenvalue weighted by molar-refractivity contribution is 0.0478. The monoisotopic (exact) mass is 281 g/mol. The second-order valence-corrected chi connectivity index (χ2v) is 5.61. The molecule has 2 N–H and O–H groups in total. The van der Waals surface area contributed by atoms with Crippen LogP contribution in [-0.4, -0.2) is 16.7 Å². The van der Waals surface area contributed by atoms with Gasteiger partial charge in [0.2, 0.25) is 5.82 Å². The Bertz CT molecular complexity index is 530. The van der Waals surface area contributed by atoms with Crippen LogP contribution in [0.25, 0.3) is 11.5 Å². The van der Waals surface area contributed by atoms with Crippen molar-refractivity contribution in [3.63, 3.8) is 0 Å². The Hall–Kier alpha value is -1.40. The zero-order valence-corrected chi connectivity index (χ0v) is 12.3. The van der Waals surface area contributed by atoms with Gasteiger partial charge in [0.15, 0.2) is 0 Å². The first-order chi connectivity index (χ1) is 9.15. The molecular formula is C13H19N3O2S. The first kappa shape index (κ1) is 14.0. The fourth-order valence-electron chi connectivity index (χ4n) is 1.92. The van der Waals surface area contributed by atoms with Crippen LogP contribution in [0.5, 0.6) is 0 Å². The van der Waals surface area contributed by atoms with E-state index in [9.17, 15) is 0 Å². The van der Waals surface area contributed by atoms with E-state index >= 15 is 0 Å². The standard InChI is InChI=1S/C13H19N3O2S/c1-4-6-10(17-5-2)12-15-13(18-16-12)9-7-8(3)19-11(9)14/h7,10H,4-6,14H2,1-3H3. The molecule has 104 valence electrons. The van der Waals surface area contributed by atoms with Gasteiger partial charge in [0.05, 0.1) is 10.6 Å². The molecule has 2 aromatic rings. The molecule has 0 spiro atoms. The fourth-order valence-corrected chi connectivity index (χ4v) is 2.70. The van der Waals surface area contributed by atoms with Crippen molar-refractivity contribution in [1.29, 1.82) is 0 Å². The van der Waals surface area contributed by atoms with Crippen LogP contribution >= 0.6 is 11.3 Å². The maximum atomic E-state index is 5.94. The van der Waals surface area contributed by atoms with E-state index in [1.807, 2.05) is 19.9 Å². The van der Waals surface area contributed by atoms with E-state index in [0.717, 1.165) is 23.3 Å². The molecule has 2 heterocycles. The summed E-state index contributed by atoms with van der Waals surface area (Å²) in [5.74, 6) is 1.07. The number of hydrogen-bond acceptors (Lipinski definition) is 6. The Morgan fingerprint density at radius 2 is 2.26 bits per heavy atom. The summed E-state index contributed by atoms with van der Waals surface area (Å²) in [7, 11) is 0. The molecule has 0 bridgehead atoms. The van der Waals surface area contributed by atoms with Gasteiger partial charge in [-0.05, 0) is 26.3 Å². The smallest absolute Gasteiger partial charge is 0.261 e. The van der Waals surface area contributed by atoms with Gasteiger partial charge in [-0.25, -0.2) is 0 Å². The summed E-state index contributed by atoms with van der Waals surface area (Å²) >= 11 is 1.52. The minimum absolute atomic E-state index is 0.103. The van der Waals surface area contributed by atoms with Crippen LogP contribution in [0.2, 0.25) is 0 Å². The molecule has 0 aliphatic rings. The molecular weight excluding hydrogens is 262 g/mol. The fraction of sp³-hybridized carbons (Fsp3) is 0.538. The minimum Gasteiger partial charge on any atom is -0.390 e. The van der Waals surface area contributed by atoms with Crippen molar-refractivity contribution in [1.82, 2.24) is 10.1 Å². The van der Waals surface area contributed by atoms with Crippen molar-refractivity contribution in [2.75, 3.05) is 12.3 Å². The minimum atomic E-state index is -0.103. The highest BCUT2D eigenvalue weighted by molar-refractivity contribution is 7.16. The lowest BCUT2D eigenvalue weighted by Crippen LogP contribution is -2.05. The highest BCUT2D eigenvalue weighted by Crippen LogP contribution is 2.33. The molecule has 2 aromatic heterocycles. The van der Waals surface area contributed by atoms with Gasteiger partial charge in [0, 0.05) is 11.5 Å². The number of ether oxygens (including phenoxy) is 1. The van der Waals surface area contributed by atoms with Gasteiger partial charge in [-0.15, -0.1) is 11.3 Å². The van der Waals surface area contributed by atoms with Gasteiger partial charge >= 0.3 is 0 Å². The Morgan fingerprint density at radius 3 is 2.84 bits per heavy atom. The Balaban J connectivity index is 2.24. The molecule has 0 saturated carbocycles. The van der Waals surface area contributed by atoms with Gasteiger partial charge in [0.25, 0.3) is 5.89 Å². The molecule has 2 rings (SSSR count). The predicted octanol–water partition coefficient (Wildman–Crippen LogP) is 3.57. The number of aryl methyl sites for hydroxylation is 1. The van der Waals surface area contributed by atoms with E-state index < -0.39 is 0 Å². The molecule has 0 radical (unpaired) electrons. The van der Waals surface area contributed by atoms with Crippen LogP contribution in [0.4, 0.5) is 5.00 Å². The molecule has 0 aliphatic heterocycles. The molecule has 19 heavy (non-hydrogen) atoms. The van der Waals surface area contributed by atoms with Crippen molar-refractivity contribution in [3.05, 3.63) is 16.8 Å². The molecule has 0 amide bonds. The maximum absolute atomic E-state index is 5.94. The lowest BCUT2D eigenvalue weighted by Gasteiger charge is -2.10. The van der Waals surface area contributed by atoms with Crippen LogP contribution in [-0.2, 0) is 4.74 Å². The third kappa shape index (κ3) is 3.13. The summed E-state index contributed by atoms with van der Waals surface area (Å²) in [5, 5.41) is 4.72. The summed E-state index contributed by atoms with van der Waals surface area (Å²) in [6, 6.07) is 1.97. The van der Waals surface area contributed by atoms with E-state index in [0.29, 0.717) is 23.3 Å². The number of nitrogen functional groups attached to an aromatic ring is 1. The third-order valence-electron chi connectivity index (χ3n) is 2.76. The molecule has 1 unspecified atom stereocenters. The zero-order valence-electron chi connectivity index (χ0n) is 11.5. The van der Waals surface area contributed by atoms with Crippen LogP contribution in [0.3, 0.4) is 0 Å². The summed E-state index contributed by atoms with van der Waals surface area (Å²) in [6.07, 6.45) is 1.78. The topological polar surface area (TPSA) is 74.2 Å². The highest BCUT2D eigenvalue weighted by atomic mass is 32.1. The SMILES string of the molecule is CCCC(OCC)c1noc(-c2cc(C)sc2N)n1. The van der Waals surface area contributed by atoms with Gasteiger partial charge < -0.3 is 15.0 Å². The Morgan fingerprint density at radius 1 is 1.47 bits per heavy atom. The Kier molecular flexibility index (Phi) is 4.55. The number of hydrogen-bond donors (Lipinski definition) is 1. The van der Waals surface area contributed by atoms with E-state index in [4.69, 9.17) is 15.0 Å². The largest absolute Gasteiger partial charge is 0.390 e. The molecule has 0 saturated heterocycles. The molecule has 1 atom stereocenters. The number of thiophene rings is 1. The van der Waals surface area contributed by atoms with Crippen LogP contribution in [0.1, 0.15) is 43.5 Å². The van der Waals surface area contributed by atoms with E-state index in [1.165, 1.54) is 11.3 Å². The second kappa shape index (κ2) is 6.16. The number of nitrogens with zero attached hydrogens (tertiary/aromatic N) is 2. The number of rotatable bonds is 6. The van der Waals surface area contributed by atoms with Gasteiger partial charge in [-0.1, -0.05) is 18.5 Å². The van der Waals surface area contributed by atoms with Crippen LogP contribution < -0.4 is 5.73 Å². The lowest BCUT2D eigenvalue weighted by atomic mass is 10.2. The van der Waals surface area contributed by atoms with Gasteiger partial charge in [-0.3, -0.25) is 0 Å². The Labute approximate surface area is 116 Å². The third-order valence-corrected chi connectivity index (χ3v) is 3.64. The quantitative estimate of drug-likeness (QED) is 0.876. The average molecular weight is 281 g/mol. The zero-order chi connectivity index (χ0) is 13.8. The number of aromatic nitrogens is 2. The van der Waals surface area contributed by atoms with Crippen LogP contribution in [0.15, 0.2) is 10.6 Å². The maximum Gasteiger partial charge on any atom is 0.261 e. The second-order valence-electron chi connectivity index (χ2n) is 4.33. The van der Waals surface area contributed by atoms with E-state index in [1.54, 1.807) is 0 Å². The molecule has 0 aromatic carbocycles. The van der Waals surface area contributed by atoms with Crippen molar-refractivity contribution in [2.24, 2.45) is 0 Å². The number of anilines is 1. The first-order valence-corrected chi connectivity index (χ1v) is 7.28. The van der Waals surface area contributed by atoms with Gasteiger partial charge in [0.1, 0.15) is 6.10 Å². The highest BCUT2D eigenvalue weighted by Gasteiger charge is 2.20. The molecule has 0 aliphatic carbocycles. The molecule has 0 fully saturated rings.